The molecule has 1 N–H and O–H groups in total. The average Bonchev–Trinajstić information content (AvgIpc) is 2.43. The molecule has 0 amide bonds. The van der Waals surface area contributed by atoms with Crippen molar-refractivity contribution in [1.82, 2.24) is 0 Å². The Morgan fingerprint density at radius 1 is 1.48 bits per heavy atom. The maximum absolute atomic E-state index is 12.5. The van der Waals surface area contributed by atoms with Gasteiger partial charge in [-0.05, 0) is 19.9 Å². The number of aromatic hydroxyl groups is 1. The molecule has 1 aromatic heterocycles. The number of aryl methyl sites for hydroxylation is 1. The van der Waals surface area contributed by atoms with Gasteiger partial charge in [0.25, 0.3) is 0 Å². The molecule has 1 aromatic carbocycles. The maximum Gasteiger partial charge on any atom is 0.196 e. The minimum Gasteiger partial charge on any atom is -0.504 e. The van der Waals surface area contributed by atoms with Crippen LogP contribution in [0, 0.1) is 6.92 Å². The monoisotopic (exact) mass is 290 g/mol. The van der Waals surface area contributed by atoms with Crippen molar-refractivity contribution in [2.45, 2.75) is 20.3 Å². The molecule has 6 heteroatoms. The summed E-state index contributed by atoms with van der Waals surface area (Å²) in [5, 5.41) is 10.0. The van der Waals surface area contributed by atoms with Crippen LogP contribution in [0.5, 0.6) is 11.5 Å². The number of Topliss-reactive ketones (excluding diaryl/α,β-unsaturated/α-hetero) is 1. The van der Waals surface area contributed by atoms with Crippen molar-refractivity contribution in [3.63, 3.8) is 0 Å². The first-order valence-corrected chi connectivity index (χ1v) is 6.21. The fourth-order valence-corrected chi connectivity index (χ4v) is 2.18. The van der Waals surface area contributed by atoms with Gasteiger partial charge in [-0.3, -0.25) is 14.4 Å². The van der Waals surface area contributed by atoms with Gasteiger partial charge in [0, 0.05) is 12.0 Å². The highest BCUT2D eigenvalue weighted by atomic mass is 16.5. The molecule has 0 spiro atoms. The molecule has 0 aliphatic heterocycles. The average molecular weight is 290 g/mol. The molecule has 2 rings (SSSR count). The van der Waals surface area contributed by atoms with Crippen molar-refractivity contribution in [2.24, 2.45) is 0 Å². The molecule has 0 fully saturated rings. The second-order valence-electron chi connectivity index (χ2n) is 4.68. The Morgan fingerprint density at radius 3 is 2.67 bits per heavy atom. The molecule has 0 atom stereocenters. The lowest BCUT2D eigenvalue weighted by molar-refractivity contribution is -0.116. The highest BCUT2D eigenvalue weighted by Gasteiger charge is 2.20. The number of phenols is 1. The summed E-state index contributed by atoms with van der Waals surface area (Å²) < 4.78 is 10.4. The van der Waals surface area contributed by atoms with Gasteiger partial charge in [-0.25, -0.2) is 0 Å². The van der Waals surface area contributed by atoms with Crippen LogP contribution in [0.1, 0.15) is 28.6 Å². The predicted molar refractivity (Wildman–Crippen MR) is 75.2 cm³/mol. The standard InChI is InChI=1S/C15H14O6/c1-7(17)4-9-8(2)21-15-10(13(9)18)5-12(20-3)14(19)11(15)6-16/h5-6,19H,4H2,1-3H3. The molecule has 0 radical (unpaired) electrons. The van der Waals surface area contributed by atoms with Crippen molar-refractivity contribution in [2.75, 3.05) is 7.11 Å². The van der Waals surface area contributed by atoms with Gasteiger partial charge in [0.1, 0.15) is 17.1 Å². The van der Waals surface area contributed by atoms with E-state index < -0.39 is 5.43 Å². The first-order valence-electron chi connectivity index (χ1n) is 6.21. The van der Waals surface area contributed by atoms with Crippen molar-refractivity contribution in [3.8, 4) is 11.5 Å². The van der Waals surface area contributed by atoms with E-state index in [1.165, 1.54) is 27.0 Å². The summed E-state index contributed by atoms with van der Waals surface area (Å²) in [6, 6.07) is 1.30. The SMILES string of the molecule is COc1cc2c(=O)c(CC(C)=O)c(C)oc2c(C=O)c1O. The number of ketones is 1. The van der Waals surface area contributed by atoms with Crippen LogP contribution in [0.2, 0.25) is 0 Å². The topological polar surface area (TPSA) is 93.8 Å². The van der Waals surface area contributed by atoms with Gasteiger partial charge < -0.3 is 14.3 Å². The molecule has 0 bridgehead atoms. The van der Waals surface area contributed by atoms with E-state index >= 15 is 0 Å². The number of hydrogen-bond donors (Lipinski definition) is 1. The highest BCUT2D eigenvalue weighted by molar-refractivity contribution is 5.99. The van der Waals surface area contributed by atoms with Crippen LogP contribution in [0.25, 0.3) is 11.0 Å². The van der Waals surface area contributed by atoms with Gasteiger partial charge >= 0.3 is 0 Å². The number of ether oxygens (including phenoxy) is 1. The van der Waals surface area contributed by atoms with E-state index in [4.69, 9.17) is 9.15 Å². The molecule has 0 aliphatic carbocycles. The number of carbonyl (C=O) groups is 2. The molecular weight excluding hydrogens is 276 g/mol. The minimum atomic E-state index is -0.412. The summed E-state index contributed by atoms with van der Waals surface area (Å²) in [5.74, 6) is -0.321. The third-order valence-electron chi connectivity index (χ3n) is 3.22. The van der Waals surface area contributed by atoms with Crippen LogP contribution in [-0.2, 0) is 11.2 Å². The Kier molecular flexibility index (Phi) is 3.80. The molecule has 0 saturated carbocycles. The number of aldehydes is 1. The summed E-state index contributed by atoms with van der Waals surface area (Å²) >= 11 is 0. The van der Waals surface area contributed by atoms with Crippen LogP contribution >= 0.6 is 0 Å². The Morgan fingerprint density at radius 2 is 2.14 bits per heavy atom. The Bertz CT molecular complexity index is 800. The van der Waals surface area contributed by atoms with Crippen LogP contribution in [0.15, 0.2) is 15.3 Å². The lowest BCUT2D eigenvalue weighted by atomic mass is 10.0. The number of carbonyl (C=O) groups excluding carboxylic acids is 2. The zero-order valence-electron chi connectivity index (χ0n) is 11.9. The van der Waals surface area contributed by atoms with Gasteiger partial charge in [-0.2, -0.15) is 0 Å². The van der Waals surface area contributed by atoms with E-state index in [-0.39, 0.29) is 51.6 Å². The van der Waals surface area contributed by atoms with Crippen LogP contribution in [-0.4, -0.2) is 24.3 Å². The van der Waals surface area contributed by atoms with E-state index in [9.17, 15) is 19.5 Å². The number of benzene rings is 1. The Labute approximate surface area is 119 Å². The zero-order valence-corrected chi connectivity index (χ0v) is 11.9. The fraction of sp³-hybridized carbons (Fsp3) is 0.267. The summed E-state index contributed by atoms with van der Waals surface area (Å²) in [4.78, 5) is 34.9. The molecule has 1 heterocycles. The van der Waals surface area contributed by atoms with Crippen molar-refractivity contribution < 1.29 is 23.8 Å². The van der Waals surface area contributed by atoms with Crippen LogP contribution in [0.4, 0.5) is 0 Å². The number of methoxy groups -OCH3 is 1. The summed E-state index contributed by atoms with van der Waals surface area (Å²) in [6.07, 6.45) is 0.344. The summed E-state index contributed by atoms with van der Waals surface area (Å²) in [7, 11) is 1.31. The Balaban J connectivity index is 2.94. The van der Waals surface area contributed by atoms with E-state index in [2.05, 4.69) is 0 Å². The minimum absolute atomic E-state index is 0.00507. The van der Waals surface area contributed by atoms with Crippen molar-refractivity contribution >= 4 is 23.0 Å². The molecule has 6 nitrogen and oxygen atoms in total. The summed E-state index contributed by atoms with van der Waals surface area (Å²) in [6.45, 7) is 2.91. The Hall–Kier alpha value is -2.63. The summed E-state index contributed by atoms with van der Waals surface area (Å²) in [5.41, 5.74) is -0.345. The molecule has 0 saturated heterocycles. The van der Waals surface area contributed by atoms with Crippen molar-refractivity contribution in [1.29, 1.82) is 0 Å². The van der Waals surface area contributed by atoms with Gasteiger partial charge in [0.15, 0.2) is 28.8 Å². The van der Waals surface area contributed by atoms with Crippen molar-refractivity contribution in [3.05, 3.63) is 33.2 Å². The molecular formula is C15H14O6. The van der Waals surface area contributed by atoms with E-state index in [0.717, 1.165) is 0 Å². The quantitative estimate of drug-likeness (QED) is 0.862. The van der Waals surface area contributed by atoms with E-state index in [1.54, 1.807) is 0 Å². The first kappa shape index (κ1) is 14.8. The third-order valence-corrected chi connectivity index (χ3v) is 3.22. The molecule has 0 unspecified atom stereocenters. The third kappa shape index (κ3) is 2.40. The van der Waals surface area contributed by atoms with Gasteiger partial charge in [-0.15, -0.1) is 0 Å². The fourth-order valence-electron chi connectivity index (χ4n) is 2.18. The lowest BCUT2D eigenvalue weighted by Crippen LogP contribution is -2.15. The second-order valence-corrected chi connectivity index (χ2v) is 4.68. The highest BCUT2D eigenvalue weighted by Crippen LogP contribution is 2.35. The number of rotatable bonds is 4. The van der Waals surface area contributed by atoms with E-state index in [0.29, 0.717) is 6.29 Å². The van der Waals surface area contributed by atoms with E-state index in [1.807, 2.05) is 0 Å². The number of phenolic OH excluding ortho intramolecular Hbond substituents is 1. The maximum atomic E-state index is 12.5. The number of hydrogen-bond acceptors (Lipinski definition) is 6. The normalized spacial score (nSPS) is 10.6. The zero-order chi connectivity index (χ0) is 15.7. The van der Waals surface area contributed by atoms with Gasteiger partial charge in [0.2, 0.25) is 0 Å². The van der Waals surface area contributed by atoms with Gasteiger partial charge in [0.05, 0.1) is 12.5 Å². The molecule has 0 aliphatic rings. The van der Waals surface area contributed by atoms with Gasteiger partial charge in [-0.1, -0.05) is 0 Å². The van der Waals surface area contributed by atoms with Crippen LogP contribution in [0.3, 0.4) is 0 Å². The lowest BCUT2D eigenvalue weighted by Gasteiger charge is -2.10. The largest absolute Gasteiger partial charge is 0.504 e. The smallest absolute Gasteiger partial charge is 0.196 e. The second kappa shape index (κ2) is 5.40. The predicted octanol–water partition coefficient (Wildman–Crippen LogP) is 1.76. The number of fused-ring (bicyclic) bond motifs is 1. The first-order chi connectivity index (χ1) is 9.90. The van der Waals surface area contributed by atoms with Crippen LogP contribution < -0.4 is 10.2 Å². The molecule has 21 heavy (non-hydrogen) atoms. The molecule has 110 valence electrons. The molecule has 2 aromatic rings.